The highest BCUT2D eigenvalue weighted by Gasteiger charge is 2.22. The molecule has 0 atom stereocenters. The molecule has 1 amide bonds. The summed E-state index contributed by atoms with van der Waals surface area (Å²) >= 11 is 0. The van der Waals surface area contributed by atoms with Gasteiger partial charge in [0.05, 0.1) is 5.52 Å². The van der Waals surface area contributed by atoms with E-state index in [1.807, 2.05) is 6.07 Å². The number of carbonyl (C=O) groups excluding carboxylic acids is 1. The van der Waals surface area contributed by atoms with Crippen LogP contribution in [-0.4, -0.2) is 15.6 Å². The lowest BCUT2D eigenvalue weighted by molar-refractivity contribution is 0.0963. The topological polar surface area (TPSA) is 71.3 Å². The van der Waals surface area contributed by atoms with Crippen molar-refractivity contribution < 1.29 is 9.90 Å². The Kier molecular flexibility index (Phi) is 6.78. The van der Waals surface area contributed by atoms with Crippen molar-refractivity contribution >= 4 is 16.8 Å². The first-order valence-electron chi connectivity index (χ1n) is 8.98. The lowest BCUT2D eigenvalue weighted by Crippen LogP contribution is -2.32. The molecule has 2 rings (SSSR count). The zero-order valence-electron chi connectivity index (χ0n) is 15.4. The molecule has 0 radical (unpaired) electrons. The number of pyridine rings is 1. The summed E-state index contributed by atoms with van der Waals surface area (Å²) in [6, 6.07) is 7.09. The maximum atomic E-state index is 12.9. The quantitative estimate of drug-likeness (QED) is 0.554. The molecule has 0 aliphatic rings. The second-order valence-corrected chi connectivity index (χ2v) is 6.24. The summed E-state index contributed by atoms with van der Waals surface area (Å²) in [4.78, 5) is 25.5. The van der Waals surface area contributed by atoms with Gasteiger partial charge in [0.25, 0.3) is 11.5 Å². The Labute approximate surface area is 153 Å². The number of hydrogen-bond donors (Lipinski definition) is 2. The van der Waals surface area contributed by atoms with Crippen LogP contribution in [0.5, 0.6) is 5.75 Å². The van der Waals surface area contributed by atoms with Gasteiger partial charge in [-0.1, -0.05) is 51.0 Å². The average Bonchev–Trinajstić information content (AvgIpc) is 2.61. The Morgan fingerprint density at radius 2 is 2.00 bits per heavy atom. The Morgan fingerprint density at radius 1 is 1.27 bits per heavy atom. The number of amides is 1. The van der Waals surface area contributed by atoms with E-state index in [4.69, 9.17) is 0 Å². The van der Waals surface area contributed by atoms with E-state index < -0.39 is 11.5 Å². The fourth-order valence-electron chi connectivity index (χ4n) is 2.96. The zero-order valence-corrected chi connectivity index (χ0v) is 15.4. The SMILES string of the molecule is C=C(/C=C\C)NC(=O)c1c(O)c2ccccc2n(CCCCCC)c1=O. The number of nitrogens with one attached hydrogen (secondary N) is 1. The summed E-state index contributed by atoms with van der Waals surface area (Å²) in [6.07, 6.45) is 7.41. The number of benzene rings is 1. The number of para-hydroxylation sites is 1. The van der Waals surface area contributed by atoms with Crippen LogP contribution in [0.1, 0.15) is 49.9 Å². The summed E-state index contributed by atoms with van der Waals surface area (Å²) in [7, 11) is 0. The second-order valence-electron chi connectivity index (χ2n) is 6.24. The van der Waals surface area contributed by atoms with E-state index in [1.54, 1.807) is 41.8 Å². The predicted octanol–water partition coefficient (Wildman–Crippen LogP) is 4.11. The van der Waals surface area contributed by atoms with Gasteiger partial charge >= 0.3 is 0 Å². The monoisotopic (exact) mass is 354 g/mol. The molecule has 138 valence electrons. The number of nitrogens with zero attached hydrogens (tertiary/aromatic N) is 1. The van der Waals surface area contributed by atoms with Gasteiger partial charge in [-0.05, 0) is 31.6 Å². The molecule has 0 saturated carbocycles. The molecule has 0 bridgehead atoms. The minimum Gasteiger partial charge on any atom is -0.506 e. The fourth-order valence-corrected chi connectivity index (χ4v) is 2.96. The van der Waals surface area contributed by atoms with Crippen molar-refractivity contribution in [2.75, 3.05) is 0 Å². The molecule has 1 aromatic carbocycles. The number of aromatic hydroxyl groups is 1. The van der Waals surface area contributed by atoms with Gasteiger partial charge in [0.15, 0.2) is 0 Å². The van der Waals surface area contributed by atoms with Gasteiger partial charge in [-0.15, -0.1) is 0 Å². The summed E-state index contributed by atoms with van der Waals surface area (Å²) in [5, 5.41) is 13.6. The van der Waals surface area contributed by atoms with Gasteiger partial charge < -0.3 is 15.0 Å². The Morgan fingerprint density at radius 3 is 2.69 bits per heavy atom. The summed E-state index contributed by atoms with van der Waals surface area (Å²) < 4.78 is 1.58. The van der Waals surface area contributed by atoms with Crippen molar-refractivity contribution in [3.8, 4) is 5.75 Å². The van der Waals surface area contributed by atoms with Crippen molar-refractivity contribution in [3.63, 3.8) is 0 Å². The van der Waals surface area contributed by atoms with Crippen molar-refractivity contribution in [2.45, 2.75) is 46.1 Å². The zero-order chi connectivity index (χ0) is 19.1. The predicted molar refractivity (Wildman–Crippen MR) is 105 cm³/mol. The number of allylic oxidation sites excluding steroid dienone is 2. The van der Waals surface area contributed by atoms with Crippen LogP contribution in [0.3, 0.4) is 0 Å². The third-order valence-corrected chi connectivity index (χ3v) is 4.25. The minimum absolute atomic E-state index is 0.246. The van der Waals surface area contributed by atoms with Gasteiger partial charge in [-0.25, -0.2) is 0 Å². The van der Waals surface area contributed by atoms with E-state index in [2.05, 4.69) is 18.8 Å². The van der Waals surface area contributed by atoms with Crippen LogP contribution in [-0.2, 0) is 6.54 Å². The molecule has 26 heavy (non-hydrogen) atoms. The molecular weight excluding hydrogens is 328 g/mol. The summed E-state index contributed by atoms with van der Waals surface area (Å²) in [5.74, 6) is -0.940. The van der Waals surface area contributed by atoms with Gasteiger partial charge in [0, 0.05) is 17.6 Å². The van der Waals surface area contributed by atoms with Gasteiger partial charge in [0.2, 0.25) is 0 Å². The first-order valence-corrected chi connectivity index (χ1v) is 8.98. The van der Waals surface area contributed by atoms with Crippen LogP contribution >= 0.6 is 0 Å². The molecule has 5 nitrogen and oxygen atoms in total. The lowest BCUT2D eigenvalue weighted by Gasteiger charge is -2.15. The van der Waals surface area contributed by atoms with Crippen LogP contribution in [0.4, 0.5) is 0 Å². The molecule has 0 aliphatic carbocycles. The Balaban J connectivity index is 2.51. The third kappa shape index (κ3) is 4.23. The Hall–Kier alpha value is -2.82. The molecule has 1 aromatic heterocycles. The van der Waals surface area contributed by atoms with E-state index in [9.17, 15) is 14.7 Å². The third-order valence-electron chi connectivity index (χ3n) is 4.25. The first kappa shape index (κ1) is 19.5. The molecule has 1 heterocycles. The molecule has 0 aliphatic heterocycles. The van der Waals surface area contributed by atoms with E-state index in [0.717, 1.165) is 25.7 Å². The minimum atomic E-state index is -0.649. The number of fused-ring (bicyclic) bond motifs is 1. The van der Waals surface area contributed by atoms with Gasteiger partial charge in [0.1, 0.15) is 11.3 Å². The van der Waals surface area contributed by atoms with E-state index in [-0.39, 0.29) is 11.3 Å². The lowest BCUT2D eigenvalue weighted by atomic mass is 10.1. The number of aryl methyl sites for hydroxylation is 1. The van der Waals surface area contributed by atoms with E-state index in [1.165, 1.54) is 0 Å². The van der Waals surface area contributed by atoms with Crippen LogP contribution in [0, 0.1) is 0 Å². The van der Waals surface area contributed by atoms with E-state index >= 15 is 0 Å². The standard InChI is InChI=1S/C21H26N2O3/c1-4-6-7-10-14-23-17-13-9-8-12-16(17)19(24)18(21(23)26)20(25)22-15(3)11-5-2/h5,8-9,11-13,24H,3-4,6-7,10,14H2,1-2H3,(H,22,25)/b11-5-. The van der Waals surface area contributed by atoms with Gasteiger partial charge in [-0.2, -0.15) is 0 Å². The smallest absolute Gasteiger partial charge is 0.267 e. The van der Waals surface area contributed by atoms with Crippen LogP contribution in [0.15, 0.2) is 53.5 Å². The molecule has 5 heteroatoms. The number of rotatable bonds is 8. The molecule has 2 aromatic rings. The van der Waals surface area contributed by atoms with Gasteiger partial charge in [-0.3, -0.25) is 9.59 Å². The molecule has 2 N–H and O–H groups in total. The van der Waals surface area contributed by atoms with Crippen molar-refractivity contribution in [1.29, 1.82) is 0 Å². The normalized spacial score (nSPS) is 11.2. The van der Waals surface area contributed by atoms with Crippen molar-refractivity contribution in [2.24, 2.45) is 0 Å². The van der Waals surface area contributed by atoms with Crippen LogP contribution in [0.2, 0.25) is 0 Å². The average molecular weight is 354 g/mol. The highest BCUT2D eigenvalue weighted by molar-refractivity contribution is 6.03. The van der Waals surface area contributed by atoms with Crippen LogP contribution in [0.25, 0.3) is 10.9 Å². The van der Waals surface area contributed by atoms with Crippen molar-refractivity contribution in [3.05, 3.63) is 64.6 Å². The summed E-state index contributed by atoms with van der Waals surface area (Å²) in [5.41, 5.74) is 0.266. The molecule has 0 spiro atoms. The first-order chi connectivity index (χ1) is 12.5. The number of carbonyl (C=O) groups is 1. The molecule has 0 fully saturated rings. The highest BCUT2D eigenvalue weighted by atomic mass is 16.3. The Bertz CT molecular complexity index is 894. The molecular formula is C21H26N2O3. The fraction of sp³-hybridized carbons (Fsp3) is 0.333. The highest BCUT2D eigenvalue weighted by Crippen LogP contribution is 2.26. The maximum Gasteiger partial charge on any atom is 0.267 e. The second kappa shape index (κ2) is 9.04. The summed E-state index contributed by atoms with van der Waals surface area (Å²) in [6.45, 7) is 8.15. The maximum absolute atomic E-state index is 12.9. The number of unbranched alkanes of at least 4 members (excludes halogenated alkanes) is 3. The van der Waals surface area contributed by atoms with Crippen LogP contribution < -0.4 is 10.9 Å². The largest absolute Gasteiger partial charge is 0.506 e. The number of hydrogen-bond acceptors (Lipinski definition) is 3. The molecule has 0 unspecified atom stereocenters. The van der Waals surface area contributed by atoms with Crippen molar-refractivity contribution in [1.82, 2.24) is 9.88 Å². The van der Waals surface area contributed by atoms with E-state index in [0.29, 0.717) is 23.1 Å². The molecule has 0 saturated heterocycles. The number of aromatic nitrogens is 1.